The van der Waals surface area contributed by atoms with E-state index in [0.717, 1.165) is 30.4 Å². The maximum atomic E-state index is 13.0. The molecule has 0 saturated carbocycles. The van der Waals surface area contributed by atoms with Crippen LogP contribution in [0.4, 0.5) is 0 Å². The highest BCUT2D eigenvalue weighted by atomic mass is 32.2. The monoisotopic (exact) mass is 344 g/mol. The number of rotatable bonds is 7. The van der Waals surface area contributed by atoms with Gasteiger partial charge in [0.1, 0.15) is 0 Å². The fraction of sp³-hybridized carbons (Fsp3) is 0.368. The molecule has 0 N–H and O–H groups in total. The summed E-state index contributed by atoms with van der Waals surface area (Å²) in [6.45, 7) is 2.20. The summed E-state index contributed by atoms with van der Waals surface area (Å²) in [6, 6.07) is 19.9. The van der Waals surface area contributed by atoms with E-state index >= 15 is 0 Å². The molecule has 5 heteroatoms. The fourth-order valence-electron chi connectivity index (χ4n) is 3.04. The third-order valence-electron chi connectivity index (χ3n) is 4.41. The van der Waals surface area contributed by atoms with Crippen molar-refractivity contribution < 1.29 is 8.42 Å². The smallest absolute Gasteiger partial charge is 0.195 e. The van der Waals surface area contributed by atoms with Gasteiger partial charge >= 0.3 is 0 Å². The Labute approximate surface area is 144 Å². The van der Waals surface area contributed by atoms with Crippen molar-refractivity contribution in [2.75, 3.05) is 19.6 Å². The zero-order valence-electron chi connectivity index (χ0n) is 13.8. The molecule has 0 unspecified atom stereocenters. The lowest BCUT2D eigenvalue weighted by Crippen LogP contribution is -2.43. The Kier molecular flexibility index (Phi) is 5.66. The second-order valence-electron chi connectivity index (χ2n) is 6.17. The quantitative estimate of drug-likeness (QED) is 0.774. The molecule has 0 bridgehead atoms. The van der Waals surface area contributed by atoms with E-state index in [2.05, 4.69) is 0 Å². The van der Waals surface area contributed by atoms with Crippen molar-refractivity contribution in [2.45, 2.75) is 25.8 Å². The summed E-state index contributed by atoms with van der Waals surface area (Å²) in [7, 11) is -3.40. The minimum absolute atomic E-state index is 0.423. The molecule has 1 saturated heterocycles. The molecule has 128 valence electrons. The largest absolute Gasteiger partial charge is 0.282 e. The summed E-state index contributed by atoms with van der Waals surface area (Å²) in [5, 5.41) is 0. The minimum Gasteiger partial charge on any atom is -0.195 e. The van der Waals surface area contributed by atoms with E-state index in [1.807, 2.05) is 60.7 Å². The zero-order valence-corrected chi connectivity index (χ0v) is 14.7. The summed E-state index contributed by atoms with van der Waals surface area (Å²) in [5.41, 5.74) is 2.18. The van der Waals surface area contributed by atoms with Crippen molar-refractivity contribution in [2.24, 2.45) is 0 Å². The lowest BCUT2D eigenvalue weighted by atomic mass is 10.1. The molecule has 0 amide bonds. The Hall–Kier alpha value is -1.69. The van der Waals surface area contributed by atoms with Crippen molar-refractivity contribution in [1.29, 1.82) is 0 Å². The van der Waals surface area contributed by atoms with E-state index in [4.69, 9.17) is 0 Å². The van der Waals surface area contributed by atoms with Crippen LogP contribution in [0.5, 0.6) is 0 Å². The second kappa shape index (κ2) is 7.92. The van der Waals surface area contributed by atoms with Gasteiger partial charge in [-0.3, -0.25) is 0 Å². The summed E-state index contributed by atoms with van der Waals surface area (Å²) in [5.74, 6) is 0. The molecule has 1 aliphatic rings. The number of benzene rings is 2. The van der Waals surface area contributed by atoms with Crippen molar-refractivity contribution in [3.8, 4) is 0 Å². The first-order valence-electron chi connectivity index (χ1n) is 8.49. The molecule has 4 nitrogen and oxygen atoms in total. The van der Waals surface area contributed by atoms with Crippen LogP contribution in [0.15, 0.2) is 60.7 Å². The molecule has 24 heavy (non-hydrogen) atoms. The maximum absolute atomic E-state index is 13.0. The molecule has 0 radical (unpaired) electrons. The fourth-order valence-corrected chi connectivity index (χ4v) is 4.72. The number of nitrogens with zero attached hydrogens (tertiary/aromatic N) is 2. The Morgan fingerprint density at radius 2 is 1.38 bits per heavy atom. The van der Waals surface area contributed by atoms with Gasteiger partial charge in [-0.1, -0.05) is 60.7 Å². The summed E-state index contributed by atoms with van der Waals surface area (Å²) >= 11 is 0. The molecule has 1 aliphatic heterocycles. The van der Waals surface area contributed by atoms with E-state index in [0.29, 0.717) is 26.2 Å². The van der Waals surface area contributed by atoms with Gasteiger partial charge in [-0.15, -0.1) is 0 Å². The van der Waals surface area contributed by atoms with Crippen molar-refractivity contribution >= 4 is 10.2 Å². The van der Waals surface area contributed by atoms with Gasteiger partial charge in [-0.2, -0.15) is 17.0 Å². The average molecular weight is 344 g/mol. The molecular weight excluding hydrogens is 320 g/mol. The third kappa shape index (κ3) is 4.23. The topological polar surface area (TPSA) is 40.6 Å². The Bertz CT molecular complexity index is 726. The van der Waals surface area contributed by atoms with Crippen LogP contribution in [-0.4, -0.2) is 36.7 Å². The highest BCUT2D eigenvalue weighted by molar-refractivity contribution is 7.86. The molecular formula is C19H24N2O2S. The molecule has 1 fully saturated rings. The van der Waals surface area contributed by atoms with Crippen LogP contribution in [0, 0.1) is 0 Å². The van der Waals surface area contributed by atoms with Gasteiger partial charge < -0.3 is 0 Å². The number of hydrogen-bond donors (Lipinski definition) is 0. The van der Waals surface area contributed by atoms with Gasteiger partial charge in [-0.25, -0.2) is 0 Å². The van der Waals surface area contributed by atoms with E-state index < -0.39 is 10.2 Å². The van der Waals surface area contributed by atoms with Crippen LogP contribution in [0.25, 0.3) is 0 Å². The van der Waals surface area contributed by atoms with Crippen LogP contribution >= 0.6 is 0 Å². The predicted octanol–water partition coefficient (Wildman–Crippen LogP) is 3.07. The molecule has 2 aromatic carbocycles. The highest BCUT2D eigenvalue weighted by Gasteiger charge is 2.31. The molecule has 0 atom stereocenters. The standard InChI is InChI=1S/C19H24N2O2S/c22-24(23,20-14-7-8-15-20)21(17-19-11-5-2-6-12-19)16-13-18-9-3-1-4-10-18/h1-6,9-12H,7-8,13-17H2. The molecule has 2 aromatic rings. The first kappa shape index (κ1) is 17.1. The van der Waals surface area contributed by atoms with Gasteiger partial charge in [0.2, 0.25) is 0 Å². The van der Waals surface area contributed by atoms with Gasteiger partial charge in [0, 0.05) is 26.2 Å². The summed E-state index contributed by atoms with van der Waals surface area (Å²) < 4.78 is 29.3. The Morgan fingerprint density at radius 3 is 1.96 bits per heavy atom. The molecule has 0 aromatic heterocycles. The number of hydrogen-bond acceptors (Lipinski definition) is 2. The van der Waals surface area contributed by atoms with Crippen molar-refractivity contribution in [3.05, 3.63) is 71.8 Å². The van der Waals surface area contributed by atoms with Crippen LogP contribution in [-0.2, 0) is 23.2 Å². The van der Waals surface area contributed by atoms with Gasteiger partial charge in [0.05, 0.1) is 0 Å². The molecule has 0 spiro atoms. The predicted molar refractivity (Wildman–Crippen MR) is 96.7 cm³/mol. The Morgan fingerprint density at radius 1 is 0.833 bits per heavy atom. The summed E-state index contributed by atoms with van der Waals surface area (Å²) in [4.78, 5) is 0. The van der Waals surface area contributed by atoms with Crippen LogP contribution in [0.1, 0.15) is 24.0 Å². The second-order valence-corrected chi connectivity index (χ2v) is 8.10. The van der Waals surface area contributed by atoms with Crippen LogP contribution in [0.2, 0.25) is 0 Å². The van der Waals surface area contributed by atoms with Gasteiger partial charge in [-0.05, 0) is 30.4 Å². The SMILES string of the molecule is O=S(=O)(N1CCCC1)N(CCc1ccccc1)Cc1ccccc1. The molecule has 1 heterocycles. The normalized spacial score (nSPS) is 15.9. The van der Waals surface area contributed by atoms with E-state index in [-0.39, 0.29) is 0 Å². The maximum Gasteiger partial charge on any atom is 0.282 e. The van der Waals surface area contributed by atoms with E-state index in [9.17, 15) is 8.42 Å². The van der Waals surface area contributed by atoms with Crippen LogP contribution < -0.4 is 0 Å². The highest BCUT2D eigenvalue weighted by Crippen LogP contribution is 2.19. The van der Waals surface area contributed by atoms with Crippen molar-refractivity contribution in [3.63, 3.8) is 0 Å². The zero-order chi connectivity index (χ0) is 16.8. The molecule has 3 rings (SSSR count). The van der Waals surface area contributed by atoms with E-state index in [1.54, 1.807) is 8.61 Å². The van der Waals surface area contributed by atoms with Gasteiger partial charge in [0.25, 0.3) is 10.2 Å². The Balaban J connectivity index is 1.77. The first-order chi connectivity index (χ1) is 11.7. The summed E-state index contributed by atoms with van der Waals surface area (Å²) in [6.07, 6.45) is 2.63. The lowest BCUT2D eigenvalue weighted by molar-refractivity contribution is 0.357. The lowest BCUT2D eigenvalue weighted by Gasteiger charge is -2.27. The van der Waals surface area contributed by atoms with Crippen molar-refractivity contribution in [1.82, 2.24) is 8.61 Å². The third-order valence-corrected chi connectivity index (χ3v) is 6.39. The average Bonchev–Trinajstić information content (AvgIpc) is 3.16. The molecule has 0 aliphatic carbocycles. The van der Waals surface area contributed by atoms with Gasteiger partial charge in [0.15, 0.2) is 0 Å². The first-order valence-corrected chi connectivity index (χ1v) is 9.89. The van der Waals surface area contributed by atoms with E-state index in [1.165, 1.54) is 0 Å². The minimum atomic E-state index is -3.40. The van der Waals surface area contributed by atoms with Crippen LogP contribution in [0.3, 0.4) is 0 Å².